The first-order valence-electron chi connectivity index (χ1n) is 6.92. The Labute approximate surface area is 115 Å². The summed E-state index contributed by atoms with van der Waals surface area (Å²) in [5, 5.41) is 11.7. The number of pyridine rings is 1. The van der Waals surface area contributed by atoms with E-state index in [1.54, 1.807) is 6.07 Å². The lowest BCUT2D eigenvalue weighted by Crippen LogP contribution is -2.27. The first-order valence-corrected chi connectivity index (χ1v) is 6.92. The molecule has 0 saturated carbocycles. The highest BCUT2D eigenvalue weighted by Gasteiger charge is 2.09. The monoisotopic (exact) mass is 264 g/mol. The Morgan fingerprint density at radius 2 is 1.89 bits per heavy atom. The second-order valence-electron chi connectivity index (χ2n) is 4.56. The van der Waals surface area contributed by atoms with Crippen LogP contribution in [-0.2, 0) is 0 Å². The summed E-state index contributed by atoms with van der Waals surface area (Å²) in [6, 6.07) is 5.61. The number of unbranched alkanes of at least 4 members (excludes halogenated alkanes) is 2. The molecule has 1 rings (SSSR count). The molecule has 0 saturated heterocycles. The Hall–Kier alpha value is -1.78. The third-order valence-electron chi connectivity index (χ3n) is 2.99. The third kappa shape index (κ3) is 4.77. The molecule has 0 amide bonds. The van der Waals surface area contributed by atoms with Crippen LogP contribution in [0.25, 0.3) is 0 Å². The molecule has 106 valence electrons. The molecule has 1 heterocycles. The van der Waals surface area contributed by atoms with Crippen molar-refractivity contribution in [3.05, 3.63) is 23.9 Å². The number of hydrogen-bond donors (Lipinski definition) is 2. The zero-order valence-electron chi connectivity index (χ0n) is 11.8. The van der Waals surface area contributed by atoms with E-state index in [2.05, 4.69) is 28.9 Å². The molecule has 3 N–H and O–H groups in total. The Kier molecular flexibility index (Phi) is 6.71. The van der Waals surface area contributed by atoms with E-state index in [1.807, 2.05) is 12.1 Å². The average molecular weight is 264 g/mol. The van der Waals surface area contributed by atoms with Gasteiger partial charge in [-0.3, -0.25) is 0 Å². The van der Waals surface area contributed by atoms with E-state index >= 15 is 0 Å². The molecule has 0 radical (unpaired) electrons. The van der Waals surface area contributed by atoms with Crippen molar-refractivity contribution in [3.63, 3.8) is 0 Å². The van der Waals surface area contributed by atoms with Gasteiger partial charge >= 0.3 is 0 Å². The molecule has 0 unspecified atom stereocenters. The Morgan fingerprint density at radius 1 is 1.26 bits per heavy atom. The Bertz CT molecular complexity index is 398. The van der Waals surface area contributed by atoms with Crippen LogP contribution in [0.3, 0.4) is 0 Å². The number of nitrogens with zero attached hydrogens (tertiary/aromatic N) is 3. The number of rotatable bonds is 8. The van der Waals surface area contributed by atoms with Gasteiger partial charge in [0.05, 0.1) is 0 Å². The zero-order chi connectivity index (χ0) is 14.1. The molecule has 0 fully saturated rings. The molecule has 0 aliphatic heterocycles. The van der Waals surface area contributed by atoms with E-state index in [0.717, 1.165) is 44.6 Å². The van der Waals surface area contributed by atoms with Crippen LogP contribution in [0.15, 0.2) is 23.4 Å². The highest BCUT2D eigenvalue weighted by molar-refractivity contribution is 5.95. The highest BCUT2D eigenvalue weighted by Crippen LogP contribution is 2.13. The summed E-state index contributed by atoms with van der Waals surface area (Å²) in [7, 11) is 0. The fourth-order valence-corrected chi connectivity index (χ4v) is 1.83. The van der Waals surface area contributed by atoms with Gasteiger partial charge in [0.2, 0.25) is 0 Å². The van der Waals surface area contributed by atoms with Crippen molar-refractivity contribution >= 4 is 11.7 Å². The summed E-state index contributed by atoms with van der Waals surface area (Å²) in [6.07, 6.45) is 4.59. The number of amidine groups is 1. The van der Waals surface area contributed by atoms with Crippen LogP contribution >= 0.6 is 0 Å². The molecule has 5 nitrogen and oxygen atoms in total. The highest BCUT2D eigenvalue weighted by atomic mass is 16.4. The van der Waals surface area contributed by atoms with E-state index in [9.17, 15) is 0 Å². The van der Waals surface area contributed by atoms with Gasteiger partial charge in [0.1, 0.15) is 11.5 Å². The fraction of sp³-hybridized carbons (Fsp3) is 0.571. The number of oxime groups is 1. The summed E-state index contributed by atoms with van der Waals surface area (Å²) < 4.78 is 0. The largest absolute Gasteiger partial charge is 0.409 e. The summed E-state index contributed by atoms with van der Waals surface area (Å²) in [5.74, 6) is 0.943. The molecule has 0 aromatic carbocycles. The molecule has 1 aromatic heterocycles. The van der Waals surface area contributed by atoms with E-state index < -0.39 is 0 Å². The van der Waals surface area contributed by atoms with Gasteiger partial charge in [-0.15, -0.1) is 0 Å². The van der Waals surface area contributed by atoms with Gasteiger partial charge in [0, 0.05) is 13.1 Å². The Morgan fingerprint density at radius 3 is 2.42 bits per heavy atom. The molecule has 0 aliphatic carbocycles. The topological polar surface area (TPSA) is 74.7 Å². The van der Waals surface area contributed by atoms with Crippen molar-refractivity contribution in [3.8, 4) is 0 Å². The van der Waals surface area contributed by atoms with Crippen LogP contribution < -0.4 is 10.6 Å². The van der Waals surface area contributed by atoms with Crippen molar-refractivity contribution in [2.24, 2.45) is 10.9 Å². The maximum Gasteiger partial charge on any atom is 0.188 e. The minimum absolute atomic E-state index is 0.0489. The molecule has 19 heavy (non-hydrogen) atoms. The van der Waals surface area contributed by atoms with Gasteiger partial charge in [-0.1, -0.05) is 37.9 Å². The van der Waals surface area contributed by atoms with Gasteiger partial charge in [-0.25, -0.2) is 4.98 Å². The van der Waals surface area contributed by atoms with Crippen molar-refractivity contribution in [2.45, 2.75) is 39.5 Å². The second kappa shape index (κ2) is 8.34. The van der Waals surface area contributed by atoms with E-state index in [1.165, 1.54) is 0 Å². The van der Waals surface area contributed by atoms with Crippen molar-refractivity contribution in [1.29, 1.82) is 0 Å². The SMILES string of the molecule is CCCCN(CCCC)c1cccc(C(N)=NO)n1. The molecule has 0 spiro atoms. The normalized spacial score (nSPS) is 11.6. The minimum atomic E-state index is 0.0489. The maximum atomic E-state index is 8.71. The van der Waals surface area contributed by atoms with E-state index in [4.69, 9.17) is 10.9 Å². The lowest BCUT2D eigenvalue weighted by Gasteiger charge is -2.23. The first-order chi connectivity index (χ1) is 9.22. The van der Waals surface area contributed by atoms with Gasteiger partial charge < -0.3 is 15.8 Å². The zero-order valence-corrected chi connectivity index (χ0v) is 11.8. The van der Waals surface area contributed by atoms with Crippen molar-refractivity contribution in [2.75, 3.05) is 18.0 Å². The molecule has 5 heteroatoms. The smallest absolute Gasteiger partial charge is 0.188 e. The molecule has 0 aliphatic rings. The van der Waals surface area contributed by atoms with Crippen LogP contribution in [-0.4, -0.2) is 29.1 Å². The van der Waals surface area contributed by atoms with Crippen LogP contribution in [0, 0.1) is 0 Å². The van der Waals surface area contributed by atoms with E-state index in [0.29, 0.717) is 5.69 Å². The molecule has 0 bridgehead atoms. The summed E-state index contributed by atoms with van der Waals surface area (Å²) in [5.41, 5.74) is 6.09. The van der Waals surface area contributed by atoms with Crippen molar-refractivity contribution < 1.29 is 5.21 Å². The van der Waals surface area contributed by atoms with Crippen LogP contribution in [0.4, 0.5) is 5.82 Å². The predicted octanol–water partition coefficient (Wildman–Crippen LogP) is 2.58. The second-order valence-corrected chi connectivity index (χ2v) is 4.56. The third-order valence-corrected chi connectivity index (χ3v) is 2.99. The lowest BCUT2D eigenvalue weighted by molar-refractivity contribution is 0.318. The standard InChI is InChI=1S/C14H24N4O/c1-3-5-10-18(11-6-4-2)13-9-7-8-12(16-13)14(15)17-19/h7-9,19H,3-6,10-11H2,1-2H3,(H2,15,17). The molecule has 1 aromatic rings. The van der Waals surface area contributed by atoms with E-state index in [-0.39, 0.29) is 5.84 Å². The lowest BCUT2D eigenvalue weighted by atomic mass is 10.2. The summed E-state index contributed by atoms with van der Waals surface area (Å²) >= 11 is 0. The average Bonchev–Trinajstić information content (AvgIpc) is 2.46. The maximum absolute atomic E-state index is 8.71. The van der Waals surface area contributed by atoms with Crippen LogP contribution in [0.5, 0.6) is 0 Å². The predicted molar refractivity (Wildman–Crippen MR) is 78.8 cm³/mol. The van der Waals surface area contributed by atoms with Crippen molar-refractivity contribution in [1.82, 2.24) is 4.98 Å². The number of nitrogens with two attached hydrogens (primary N) is 1. The quantitative estimate of drug-likeness (QED) is 0.327. The van der Waals surface area contributed by atoms with Crippen LogP contribution in [0.1, 0.15) is 45.2 Å². The van der Waals surface area contributed by atoms with Gasteiger partial charge in [-0.2, -0.15) is 0 Å². The van der Waals surface area contributed by atoms with Gasteiger partial charge in [0.25, 0.3) is 0 Å². The van der Waals surface area contributed by atoms with Gasteiger partial charge in [0.15, 0.2) is 5.84 Å². The molecular weight excluding hydrogens is 240 g/mol. The first kappa shape index (κ1) is 15.3. The number of anilines is 1. The summed E-state index contributed by atoms with van der Waals surface area (Å²) in [4.78, 5) is 6.72. The summed E-state index contributed by atoms with van der Waals surface area (Å²) in [6.45, 7) is 6.34. The number of aromatic nitrogens is 1. The number of hydrogen-bond acceptors (Lipinski definition) is 4. The minimum Gasteiger partial charge on any atom is -0.409 e. The fourth-order valence-electron chi connectivity index (χ4n) is 1.83. The Balaban J connectivity index is 2.87. The molecular formula is C14H24N4O. The van der Waals surface area contributed by atoms with Gasteiger partial charge in [-0.05, 0) is 25.0 Å². The van der Waals surface area contributed by atoms with Crippen LogP contribution in [0.2, 0.25) is 0 Å². The molecule has 0 atom stereocenters.